The van der Waals surface area contributed by atoms with Gasteiger partial charge in [-0.3, -0.25) is 0 Å². The first kappa shape index (κ1) is 12.6. The lowest BCUT2D eigenvalue weighted by Gasteiger charge is -2.26. The normalized spacial score (nSPS) is 19.0. The number of aromatic nitrogens is 1. The number of hydrogen-bond donors (Lipinski definition) is 1. The van der Waals surface area contributed by atoms with E-state index in [4.69, 9.17) is 9.15 Å². The highest BCUT2D eigenvalue weighted by Crippen LogP contribution is 2.40. The summed E-state index contributed by atoms with van der Waals surface area (Å²) in [6.45, 7) is 2.45. The maximum absolute atomic E-state index is 12.1. The highest BCUT2D eigenvalue weighted by atomic mass is 16.5. The zero-order valence-corrected chi connectivity index (χ0v) is 11.7. The molecule has 2 aromatic rings. The third kappa shape index (κ3) is 2.58. The number of carbonyl (C=O) groups excluding carboxylic acids is 1. The van der Waals surface area contributed by atoms with Crippen molar-refractivity contribution in [2.24, 2.45) is 0 Å². The first-order valence-corrected chi connectivity index (χ1v) is 7.34. The van der Waals surface area contributed by atoms with Crippen LogP contribution in [0.25, 0.3) is 11.1 Å². The number of morpholine rings is 1. The van der Waals surface area contributed by atoms with E-state index < -0.39 is 0 Å². The van der Waals surface area contributed by atoms with Crippen molar-refractivity contribution in [3.63, 3.8) is 0 Å². The number of ether oxygens (including phenoxy) is 1. The van der Waals surface area contributed by atoms with Crippen LogP contribution in [0.1, 0.15) is 24.7 Å². The van der Waals surface area contributed by atoms with Gasteiger partial charge in [-0.15, -0.1) is 0 Å². The summed E-state index contributed by atoms with van der Waals surface area (Å²) < 4.78 is 11.0. The van der Waals surface area contributed by atoms with Crippen molar-refractivity contribution in [2.45, 2.75) is 18.8 Å². The average Bonchev–Trinajstić information content (AvgIpc) is 3.28. The Morgan fingerprint density at radius 3 is 2.86 bits per heavy atom. The van der Waals surface area contributed by atoms with E-state index in [2.05, 4.69) is 10.3 Å². The highest BCUT2D eigenvalue weighted by Gasteiger charge is 2.29. The number of benzene rings is 1. The first-order valence-electron chi connectivity index (χ1n) is 7.34. The molecular formula is C15H17N3O3. The van der Waals surface area contributed by atoms with Crippen LogP contribution in [-0.2, 0) is 4.74 Å². The molecule has 1 aromatic heterocycles. The molecule has 0 unspecified atom stereocenters. The predicted octanol–water partition coefficient (Wildman–Crippen LogP) is 2.57. The molecule has 1 aliphatic carbocycles. The number of nitrogens with one attached hydrogen (secondary N) is 1. The van der Waals surface area contributed by atoms with Crippen molar-refractivity contribution in [2.75, 3.05) is 31.6 Å². The van der Waals surface area contributed by atoms with E-state index in [1.54, 1.807) is 4.90 Å². The molecule has 2 fully saturated rings. The van der Waals surface area contributed by atoms with Crippen LogP contribution < -0.4 is 5.32 Å². The van der Waals surface area contributed by atoms with Crippen molar-refractivity contribution in [1.82, 2.24) is 9.88 Å². The number of oxazole rings is 1. The average molecular weight is 287 g/mol. The molecule has 6 nitrogen and oxygen atoms in total. The molecule has 1 saturated heterocycles. The second-order valence-electron chi connectivity index (χ2n) is 5.54. The molecule has 1 aliphatic heterocycles. The Hall–Kier alpha value is -2.08. The van der Waals surface area contributed by atoms with Crippen molar-refractivity contribution in [3.05, 3.63) is 24.1 Å². The monoisotopic (exact) mass is 287 g/mol. The van der Waals surface area contributed by atoms with Crippen molar-refractivity contribution >= 4 is 22.8 Å². The number of hydrogen-bond acceptors (Lipinski definition) is 4. The second-order valence-corrected chi connectivity index (χ2v) is 5.54. The van der Waals surface area contributed by atoms with Gasteiger partial charge in [-0.05, 0) is 31.0 Å². The minimum Gasteiger partial charge on any atom is -0.440 e. The first-order chi connectivity index (χ1) is 10.3. The molecule has 2 amide bonds. The van der Waals surface area contributed by atoms with Gasteiger partial charge >= 0.3 is 6.03 Å². The van der Waals surface area contributed by atoms with Gasteiger partial charge in [-0.1, -0.05) is 0 Å². The van der Waals surface area contributed by atoms with E-state index in [9.17, 15) is 4.79 Å². The molecular weight excluding hydrogens is 270 g/mol. The summed E-state index contributed by atoms with van der Waals surface area (Å²) in [4.78, 5) is 18.4. The van der Waals surface area contributed by atoms with E-state index in [1.807, 2.05) is 18.2 Å². The minimum absolute atomic E-state index is 0.0939. The highest BCUT2D eigenvalue weighted by molar-refractivity contribution is 5.91. The maximum Gasteiger partial charge on any atom is 0.322 e. The van der Waals surface area contributed by atoms with Crippen LogP contribution in [0.4, 0.5) is 10.5 Å². The predicted molar refractivity (Wildman–Crippen MR) is 77.4 cm³/mol. The van der Waals surface area contributed by atoms with Crippen LogP contribution in [0.2, 0.25) is 0 Å². The fraction of sp³-hybridized carbons (Fsp3) is 0.467. The molecule has 4 rings (SSSR count). The third-order valence-electron chi connectivity index (χ3n) is 3.88. The Kier molecular flexibility index (Phi) is 3.03. The maximum atomic E-state index is 12.1. The fourth-order valence-corrected chi connectivity index (χ4v) is 2.50. The van der Waals surface area contributed by atoms with Crippen LogP contribution in [0.15, 0.2) is 22.6 Å². The summed E-state index contributed by atoms with van der Waals surface area (Å²) >= 11 is 0. The number of nitrogens with zero attached hydrogens (tertiary/aromatic N) is 2. The number of anilines is 1. The molecule has 2 heterocycles. The van der Waals surface area contributed by atoms with Gasteiger partial charge in [0, 0.05) is 24.7 Å². The second kappa shape index (κ2) is 5.04. The standard InChI is InChI=1S/C15H17N3O3/c19-15(18-5-7-20-8-6-18)16-11-3-4-13-12(9-11)17-14(21-13)10-1-2-10/h3-4,9-10H,1-2,5-8H2,(H,16,19). The van der Waals surface area contributed by atoms with Crippen molar-refractivity contribution in [3.8, 4) is 0 Å². The summed E-state index contributed by atoms with van der Waals surface area (Å²) in [5, 5.41) is 2.91. The lowest BCUT2D eigenvalue weighted by molar-refractivity contribution is 0.0564. The molecule has 1 saturated carbocycles. The number of fused-ring (bicyclic) bond motifs is 1. The van der Waals surface area contributed by atoms with Gasteiger partial charge in [0.2, 0.25) is 0 Å². The molecule has 0 spiro atoms. The van der Waals surface area contributed by atoms with Gasteiger partial charge in [-0.2, -0.15) is 0 Å². The Morgan fingerprint density at radius 2 is 2.10 bits per heavy atom. The largest absolute Gasteiger partial charge is 0.440 e. The van der Waals surface area contributed by atoms with Gasteiger partial charge in [0.1, 0.15) is 5.52 Å². The summed E-state index contributed by atoms with van der Waals surface area (Å²) in [6.07, 6.45) is 2.32. The molecule has 2 aliphatic rings. The van der Waals surface area contributed by atoms with Crippen molar-refractivity contribution in [1.29, 1.82) is 0 Å². The molecule has 21 heavy (non-hydrogen) atoms. The van der Waals surface area contributed by atoms with Gasteiger partial charge in [-0.25, -0.2) is 9.78 Å². The molecule has 1 aromatic carbocycles. The van der Waals surface area contributed by atoms with Crippen LogP contribution >= 0.6 is 0 Å². The molecule has 110 valence electrons. The number of urea groups is 1. The van der Waals surface area contributed by atoms with Crippen LogP contribution in [-0.4, -0.2) is 42.2 Å². The summed E-state index contributed by atoms with van der Waals surface area (Å²) in [7, 11) is 0. The lowest BCUT2D eigenvalue weighted by Crippen LogP contribution is -2.43. The Morgan fingerprint density at radius 1 is 1.29 bits per heavy atom. The molecule has 6 heteroatoms. The zero-order valence-electron chi connectivity index (χ0n) is 11.7. The van der Waals surface area contributed by atoms with Gasteiger partial charge in [0.15, 0.2) is 11.5 Å². The SMILES string of the molecule is O=C(Nc1ccc2oc(C3CC3)nc2c1)N1CCOCC1. The summed E-state index contributed by atoms with van der Waals surface area (Å²) in [6, 6.07) is 5.48. The van der Waals surface area contributed by atoms with E-state index in [1.165, 1.54) is 0 Å². The van der Waals surface area contributed by atoms with Crippen LogP contribution in [0.5, 0.6) is 0 Å². The third-order valence-corrected chi connectivity index (χ3v) is 3.88. The van der Waals surface area contributed by atoms with E-state index in [-0.39, 0.29) is 6.03 Å². The molecule has 0 atom stereocenters. The van der Waals surface area contributed by atoms with E-state index >= 15 is 0 Å². The Labute approximate surface area is 122 Å². The molecule has 1 N–H and O–H groups in total. The van der Waals surface area contributed by atoms with Crippen LogP contribution in [0.3, 0.4) is 0 Å². The summed E-state index contributed by atoms with van der Waals surface area (Å²) in [5.74, 6) is 1.31. The Balaban J connectivity index is 1.51. The van der Waals surface area contributed by atoms with Crippen molar-refractivity contribution < 1.29 is 13.9 Å². The van der Waals surface area contributed by atoms with Gasteiger partial charge in [0.25, 0.3) is 0 Å². The molecule has 0 radical (unpaired) electrons. The summed E-state index contributed by atoms with van der Waals surface area (Å²) in [5.41, 5.74) is 2.33. The number of amides is 2. The van der Waals surface area contributed by atoms with Gasteiger partial charge < -0.3 is 19.4 Å². The van der Waals surface area contributed by atoms with Crippen LogP contribution in [0, 0.1) is 0 Å². The lowest BCUT2D eigenvalue weighted by atomic mass is 10.3. The quantitative estimate of drug-likeness (QED) is 0.921. The minimum atomic E-state index is -0.0939. The Bertz CT molecular complexity index is 672. The number of rotatable bonds is 2. The van der Waals surface area contributed by atoms with E-state index in [0.29, 0.717) is 32.2 Å². The van der Waals surface area contributed by atoms with Gasteiger partial charge in [0.05, 0.1) is 13.2 Å². The molecule has 0 bridgehead atoms. The van der Waals surface area contributed by atoms with E-state index in [0.717, 1.165) is 35.5 Å². The topological polar surface area (TPSA) is 67.6 Å². The fourth-order valence-electron chi connectivity index (χ4n) is 2.50. The number of carbonyl (C=O) groups is 1. The smallest absolute Gasteiger partial charge is 0.322 e. The zero-order chi connectivity index (χ0) is 14.2.